The zero-order valence-corrected chi connectivity index (χ0v) is 17.7. The molecule has 4 N–H and O–H groups in total. The first-order chi connectivity index (χ1) is 15.6. The number of nitrogens with one attached hydrogen (secondary N) is 1. The monoisotopic (exact) mass is 461 g/mol. The summed E-state index contributed by atoms with van der Waals surface area (Å²) in [6, 6.07) is 11.0. The van der Waals surface area contributed by atoms with E-state index in [1.165, 1.54) is 17.9 Å². The molecule has 0 fully saturated rings. The SMILES string of the molecule is Cn1ccnc1C(O)(CC(=O)NCCCc1nn(-c2ccccc2)c(N)c1C#N)C(F)(F)F. The van der Waals surface area contributed by atoms with Crippen molar-refractivity contribution in [2.45, 2.75) is 31.0 Å². The molecule has 0 aliphatic carbocycles. The summed E-state index contributed by atoms with van der Waals surface area (Å²) in [5, 5.41) is 26.4. The van der Waals surface area contributed by atoms with E-state index in [2.05, 4.69) is 15.4 Å². The fraction of sp³-hybridized carbons (Fsp3) is 0.333. The highest BCUT2D eigenvalue weighted by atomic mass is 19.4. The van der Waals surface area contributed by atoms with Crippen LogP contribution in [0.15, 0.2) is 42.7 Å². The number of carbonyl (C=O) groups excluding carboxylic acids is 1. The summed E-state index contributed by atoms with van der Waals surface area (Å²) < 4.78 is 43.1. The highest BCUT2D eigenvalue weighted by Crippen LogP contribution is 2.40. The van der Waals surface area contributed by atoms with Gasteiger partial charge in [0.1, 0.15) is 17.5 Å². The van der Waals surface area contributed by atoms with Crippen molar-refractivity contribution < 1.29 is 23.1 Å². The molecular weight excluding hydrogens is 439 g/mol. The van der Waals surface area contributed by atoms with Crippen LogP contribution in [0.5, 0.6) is 0 Å². The van der Waals surface area contributed by atoms with Crippen molar-refractivity contribution in [3.8, 4) is 11.8 Å². The van der Waals surface area contributed by atoms with E-state index in [9.17, 15) is 28.3 Å². The van der Waals surface area contributed by atoms with Gasteiger partial charge >= 0.3 is 6.18 Å². The molecule has 1 atom stereocenters. The molecule has 0 aliphatic rings. The second-order valence-electron chi connectivity index (χ2n) is 7.42. The molecule has 0 saturated heterocycles. The average molecular weight is 461 g/mol. The highest BCUT2D eigenvalue weighted by molar-refractivity contribution is 5.77. The zero-order chi connectivity index (χ0) is 24.2. The molecular formula is C21H22F3N7O2. The van der Waals surface area contributed by atoms with Crippen LogP contribution in [0.4, 0.5) is 19.0 Å². The number of aromatic nitrogens is 4. The van der Waals surface area contributed by atoms with Crippen LogP contribution in [-0.2, 0) is 23.9 Å². The van der Waals surface area contributed by atoms with Crippen molar-refractivity contribution in [2.24, 2.45) is 7.05 Å². The standard InChI is InChI=1S/C21H22F3N7O2/c1-30-11-10-28-19(30)20(33,21(22,23)24)12-17(32)27-9-5-8-16-15(13-25)18(26)31(29-16)14-6-3-2-4-7-14/h2-4,6-7,10-11,33H,5,8-9,12,26H2,1H3,(H,27,32). The maximum atomic E-state index is 13.5. The first-order valence-corrected chi connectivity index (χ1v) is 9.95. The van der Waals surface area contributed by atoms with Gasteiger partial charge in [-0.25, -0.2) is 9.67 Å². The van der Waals surface area contributed by atoms with Crippen molar-refractivity contribution in [3.05, 3.63) is 59.8 Å². The van der Waals surface area contributed by atoms with Crippen molar-refractivity contribution in [3.63, 3.8) is 0 Å². The number of nitrogens with zero attached hydrogens (tertiary/aromatic N) is 5. The number of halogens is 3. The van der Waals surface area contributed by atoms with Crippen LogP contribution < -0.4 is 11.1 Å². The molecule has 1 amide bonds. The molecule has 1 aromatic carbocycles. The average Bonchev–Trinajstić information content (AvgIpc) is 3.33. The first-order valence-electron chi connectivity index (χ1n) is 9.95. The molecule has 1 unspecified atom stereocenters. The Bertz CT molecular complexity index is 1160. The highest BCUT2D eigenvalue weighted by Gasteiger charge is 2.58. The van der Waals surface area contributed by atoms with Gasteiger partial charge in [0.15, 0.2) is 5.82 Å². The summed E-state index contributed by atoms with van der Waals surface area (Å²) in [6.45, 7) is 0.0102. The van der Waals surface area contributed by atoms with Gasteiger partial charge in [0.05, 0.1) is 17.8 Å². The van der Waals surface area contributed by atoms with Crippen molar-refractivity contribution in [1.82, 2.24) is 24.6 Å². The van der Waals surface area contributed by atoms with Crippen LogP contribution in [0.25, 0.3) is 5.69 Å². The number of para-hydroxylation sites is 1. The molecule has 3 aromatic rings. The van der Waals surface area contributed by atoms with E-state index in [1.54, 1.807) is 24.3 Å². The van der Waals surface area contributed by atoms with Gasteiger partial charge in [-0.2, -0.15) is 23.5 Å². The lowest BCUT2D eigenvalue weighted by atomic mass is 9.97. The Morgan fingerprint density at radius 3 is 2.58 bits per heavy atom. The lowest BCUT2D eigenvalue weighted by molar-refractivity contribution is -0.271. The van der Waals surface area contributed by atoms with E-state index < -0.39 is 29.9 Å². The number of nitriles is 1. The Morgan fingerprint density at radius 1 is 1.30 bits per heavy atom. The molecule has 2 aromatic heterocycles. The van der Waals surface area contributed by atoms with E-state index in [4.69, 9.17) is 5.73 Å². The number of anilines is 1. The van der Waals surface area contributed by atoms with Crippen molar-refractivity contribution in [2.75, 3.05) is 12.3 Å². The van der Waals surface area contributed by atoms with Gasteiger partial charge in [0.25, 0.3) is 0 Å². The predicted molar refractivity (Wildman–Crippen MR) is 112 cm³/mol. The van der Waals surface area contributed by atoms with Crippen LogP contribution >= 0.6 is 0 Å². The lowest BCUT2D eigenvalue weighted by Crippen LogP contribution is -2.48. The number of nitrogens with two attached hydrogens (primary N) is 1. The number of aryl methyl sites for hydroxylation is 2. The fourth-order valence-corrected chi connectivity index (χ4v) is 3.39. The van der Waals surface area contributed by atoms with Crippen LogP contribution in [0.3, 0.4) is 0 Å². The summed E-state index contributed by atoms with van der Waals surface area (Å²) in [5.74, 6) is -1.49. The molecule has 9 nitrogen and oxygen atoms in total. The van der Waals surface area contributed by atoms with Gasteiger partial charge in [-0.15, -0.1) is 0 Å². The van der Waals surface area contributed by atoms with Gasteiger partial charge in [0, 0.05) is 26.0 Å². The number of carbonyl (C=O) groups is 1. The summed E-state index contributed by atoms with van der Waals surface area (Å²) in [6.07, 6.45) is -3.43. The summed E-state index contributed by atoms with van der Waals surface area (Å²) in [4.78, 5) is 15.7. The third-order valence-electron chi connectivity index (χ3n) is 5.10. The maximum Gasteiger partial charge on any atom is 0.425 e. The summed E-state index contributed by atoms with van der Waals surface area (Å²) in [7, 11) is 1.30. The number of benzene rings is 1. The van der Waals surface area contributed by atoms with Gasteiger partial charge in [0.2, 0.25) is 11.5 Å². The fourth-order valence-electron chi connectivity index (χ4n) is 3.39. The number of hydrogen-bond donors (Lipinski definition) is 3. The van der Waals surface area contributed by atoms with E-state index in [-0.39, 0.29) is 24.3 Å². The molecule has 3 rings (SSSR count). The van der Waals surface area contributed by atoms with Gasteiger partial charge in [-0.1, -0.05) is 18.2 Å². The van der Waals surface area contributed by atoms with Crippen LogP contribution in [-0.4, -0.2) is 43.1 Å². The van der Waals surface area contributed by atoms with Gasteiger partial charge < -0.3 is 20.7 Å². The number of imidazole rings is 1. The largest absolute Gasteiger partial charge is 0.425 e. The number of amides is 1. The van der Waals surface area contributed by atoms with Gasteiger partial charge in [-0.3, -0.25) is 4.79 Å². The summed E-state index contributed by atoms with van der Waals surface area (Å²) >= 11 is 0. The number of hydrogen-bond acceptors (Lipinski definition) is 6. The van der Waals surface area contributed by atoms with E-state index in [1.807, 2.05) is 12.1 Å². The Labute approximate surface area is 187 Å². The zero-order valence-electron chi connectivity index (χ0n) is 17.7. The van der Waals surface area contributed by atoms with Crippen LogP contribution in [0, 0.1) is 11.3 Å². The Morgan fingerprint density at radius 2 is 2.00 bits per heavy atom. The summed E-state index contributed by atoms with van der Waals surface area (Å²) in [5.41, 5.74) is 3.89. The molecule has 0 saturated carbocycles. The number of nitrogen functional groups attached to an aromatic ring is 1. The Balaban J connectivity index is 1.63. The van der Waals surface area contributed by atoms with Crippen molar-refractivity contribution >= 4 is 11.7 Å². The molecule has 12 heteroatoms. The molecule has 0 aliphatic heterocycles. The second kappa shape index (κ2) is 9.33. The maximum absolute atomic E-state index is 13.5. The van der Waals surface area contributed by atoms with E-state index in [0.717, 1.165) is 10.8 Å². The Hall–Kier alpha value is -3.85. The predicted octanol–water partition coefficient (Wildman–Crippen LogP) is 1.95. The molecule has 33 heavy (non-hydrogen) atoms. The molecule has 2 heterocycles. The third-order valence-corrected chi connectivity index (χ3v) is 5.10. The molecule has 0 bridgehead atoms. The second-order valence-corrected chi connectivity index (χ2v) is 7.42. The van der Waals surface area contributed by atoms with Crippen molar-refractivity contribution in [1.29, 1.82) is 5.26 Å². The first kappa shape index (κ1) is 23.8. The minimum atomic E-state index is -5.10. The normalized spacial score (nSPS) is 13.3. The van der Waals surface area contributed by atoms with Gasteiger partial charge in [-0.05, 0) is 25.0 Å². The van der Waals surface area contributed by atoms with E-state index >= 15 is 0 Å². The minimum absolute atomic E-state index is 0.0102. The smallest absolute Gasteiger partial charge is 0.382 e. The van der Waals surface area contributed by atoms with E-state index in [0.29, 0.717) is 17.8 Å². The number of rotatable bonds is 8. The van der Waals surface area contributed by atoms with Crippen LogP contribution in [0.1, 0.15) is 29.9 Å². The Kier molecular flexibility index (Phi) is 6.73. The molecule has 174 valence electrons. The molecule has 0 spiro atoms. The number of alkyl halides is 3. The topological polar surface area (TPSA) is 135 Å². The quantitative estimate of drug-likeness (QED) is 0.439. The molecule has 0 radical (unpaired) electrons. The number of aliphatic hydroxyl groups is 1. The minimum Gasteiger partial charge on any atom is -0.382 e. The van der Waals surface area contributed by atoms with Crippen LogP contribution in [0.2, 0.25) is 0 Å². The third kappa shape index (κ3) is 4.83. The lowest BCUT2D eigenvalue weighted by Gasteiger charge is -2.29.